The molecular weight excluding hydrogens is 254 g/mol. The van der Waals surface area contributed by atoms with Crippen molar-refractivity contribution in [3.8, 4) is 5.75 Å². The number of nitrogens with one attached hydrogen (secondary N) is 1. The van der Waals surface area contributed by atoms with E-state index in [0.717, 1.165) is 12.2 Å². The molecule has 1 aliphatic carbocycles. The van der Waals surface area contributed by atoms with Crippen LogP contribution in [-0.2, 0) is 11.2 Å². The van der Waals surface area contributed by atoms with Crippen LogP contribution in [0.5, 0.6) is 5.75 Å². The van der Waals surface area contributed by atoms with E-state index in [4.69, 9.17) is 9.47 Å². The molecule has 1 atom stereocenters. The Morgan fingerprint density at radius 2 is 1.90 bits per heavy atom. The third kappa shape index (κ3) is 3.44. The number of carbonyl (C=O) groups excluding carboxylic acids is 1. The number of hydrogen-bond donors (Lipinski definition) is 1. The van der Waals surface area contributed by atoms with Crippen LogP contribution in [0.25, 0.3) is 0 Å². The van der Waals surface area contributed by atoms with Crippen LogP contribution in [-0.4, -0.2) is 24.8 Å². The fraction of sp³-hybridized carbons (Fsp3) is 0.562. The van der Waals surface area contributed by atoms with Gasteiger partial charge in [-0.15, -0.1) is 0 Å². The van der Waals surface area contributed by atoms with Gasteiger partial charge >= 0.3 is 6.09 Å². The van der Waals surface area contributed by atoms with Crippen molar-refractivity contribution in [2.45, 2.75) is 50.7 Å². The van der Waals surface area contributed by atoms with Gasteiger partial charge in [0, 0.05) is 0 Å². The molecule has 0 bridgehead atoms. The second-order valence-corrected chi connectivity index (χ2v) is 5.67. The quantitative estimate of drug-likeness (QED) is 0.918. The Morgan fingerprint density at radius 1 is 1.15 bits per heavy atom. The fourth-order valence-corrected chi connectivity index (χ4v) is 2.90. The zero-order valence-corrected chi connectivity index (χ0v) is 11.6. The second-order valence-electron chi connectivity index (χ2n) is 5.67. The van der Waals surface area contributed by atoms with E-state index in [-0.39, 0.29) is 12.1 Å². The molecule has 1 aromatic carbocycles. The number of cyclic esters (lactones) is 1. The van der Waals surface area contributed by atoms with Crippen molar-refractivity contribution in [3.05, 3.63) is 29.8 Å². The van der Waals surface area contributed by atoms with E-state index in [1.807, 2.05) is 12.1 Å². The number of hydrogen-bond acceptors (Lipinski definition) is 3. The molecule has 1 saturated carbocycles. The van der Waals surface area contributed by atoms with Crippen LogP contribution in [0.1, 0.15) is 37.7 Å². The Balaban J connectivity index is 1.52. The number of rotatable bonds is 4. The summed E-state index contributed by atoms with van der Waals surface area (Å²) < 4.78 is 10.9. The third-order valence-corrected chi connectivity index (χ3v) is 4.00. The Labute approximate surface area is 119 Å². The standard InChI is InChI=1S/C16H21NO3/c18-16-17-13(11-19-16)10-12-6-8-15(9-7-12)20-14-4-2-1-3-5-14/h6-9,13-14H,1-5,10-11H2,(H,17,18). The molecule has 1 aromatic rings. The van der Waals surface area contributed by atoms with Gasteiger partial charge in [-0.3, -0.25) is 0 Å². The lowest BCUT2D eigenvalue weighted by Crippen LogP contribution is -2.28. The minimum absolute atomic E-state index is 0.0904. The predicted octanol–water partition coefficient (Wildman–Crippen LogP) is 3.05. The van der Waals surface area contributed by atoms with Crippen LogP contribution < -0.4 is 10.1 Å². The first-order chi connectivity index (χ1) is 9.79. The van der Waals surface area contributed by atoms with E-state index in [1.165, 1.54) is 37.7 Å². The summed E-state index contributed by atoms with van der Waals surface area (Å²) in [5, 5.41) is 2.79. The van der Waals surface area contributed by atoms with Crippen LogP contribution in [0, 0.1) is 0 Å². The van der Waals surface area contributed by atoms with Gasteiger partial charge in [0.25, 0.3) is 0 Å². The molecule has 0 aromatic heterocycles. The highest BCUT2D eigenvalue weighted by Crippen LogP contribution is 2.23. The van der Waals surface area contributed by atoms with Gasteiger partial charge in [0.2, 0.25) is 0 Å². The molecule has 1 aliphatic heterocycles. The Kier molecular flexibility index (Phi) is 4.09. The van der Waals surface area contributed by atoms with E-state index < -0.39 is 0 Å². The molecule has 1 saturated heterocycles. The van der Waals surface area contributed by atoms with Gasteiger partial charge in [-0.1, -0.05) is 18.6 Å². The maximum atomic E-state index is 11.0. The van der Waals surface area contributed by atoms with E-state index >= 15 is 0 Å². The largest absolute Gasteiger partial charge is 0.490 e. The van der Waals surface area contributed by atoms with E-state index in [9.17, 15) is 4.79 Å². The molecule has 20 heavy (non-hydrogen) atoms. The molecule has 0 radical (unpaired) electrons. The van der Waals surface area contributed by atoms with E-state index in [1.54, 1.807) is 0 Å². The van der Waals surface area contributed by atoms with Crippen molar-refractivity contribution >= 4 is 6.09 Å². The second kappa shape index (κ2) is 6.16. The van der Waals surface area contributed by atoms with Crippen LogP contribution in [0.15, 0.2) is 24.3 Å². The molecule has 4 nitrogen and oxygen atoms in total. The summed E-state index contributed by atoms with van der Waals surface area (Å²) in [4.78, 5) is 11.0. The van der Waals surface area contributed by atoms with Crippen molar-refractivity contribution in [2.75, 3.05) is 6.61 Å². The summed E-state index contributed by atoms with van der Waals surface area (Å²) in [7, 11) is 0. The average Bonchev–Trinajstić information content (AvgIpc) is 2.88. The number of carbonyl (C=O) groups is 1. The minimum atomic E-state index is -0.313. The van der Waals surface area contributed by atoms with Gasteiger partial charge in [0.1, 0.15) is 12.4 Å². The first-order valence-corrected chi connectivity index (χ1v) is 7.48. The summed E-state index contributed by atoms with van der Waals surface area (Å²) in [5.41, 5.74) is 1.19. The van der Waals surface area contributed by atoms with Crippen molar-refractivity contribution in [1.82, 2.24) is 5.32 Å². The van der Waals surface area contributed by atoms with E-state index in [0.29, 0.717) is 12.7 Å². The summed E-state index contributed by atoms with van der Waals surface area (Å²) in [6.45, 7) is 0.457. The van der Waals surface area contributed by atoms with Gasteiger partial charge in [-0.2, -0.15) is 0 Å². The van der Waals surface area contributed by atoms with Gasteiger partial charge in [0.15, 0.2) is 0 Å². The molecule has 4 heteroatoms. The molecule has 1 N–H and O–H groups in total. The third-order valence-electron chi connectivity index (χ3n) is 4.00. The van der Waals surface area contributed by atoms with Crippen LogP contribution in [0.2, 0.25) is 0 Å². The first kappa shape index (κ1) is 13.3. The molecule has 3 rings (SSSR count). The highest BCUT2D eigenvalue weighted by atomic mass is 16.6. The minimum Gasteiger partial charge on any atom is -0.490 e. The highest BCUT2D eigenvalue weighted by molar-refractivity contribution is 5.69. The summed E-state index contributed by atoms with van der Waals surface area (Å²) in [5.74, 6) is 0.951. The Hall–Kier alpha value is -1.71. The van der Waals surface area contributed by atoms with Crippen LogP contribution in [0.3, 0.4) is 0 Å². The number of alkyl carbamates (subject to hydrolysis) is 1. The van der Waals surface area contributed by atoms with Crippen molar-refractivity contribution in [2.24, 2.45) is 0 Å². The van der Waals surface area contributed by atoms with Gasteiger partial charge in [-0.25, -0.2) is 4.79 Å². The van der Waals surface area contributed by atoms with Gasteiger partial charge in [-0.05, 0) is 49.8 Å². The average molecular weight is 275 g/mol. The number of benzene rings is 1. The van der Waals surface area contributed by atoms with Crippen molar-refractivity contribution in [3.63, 3.8) is 0 Å². The van der Waals surface area contributed by atoms with Crippen molar-refractivity contribution in [1.29, 1.82) is 0 Å². The van der Waals surface area contributed by atoms with Crippen LogP contribution >= 0.6 is 0 Å². The lowest BCUT2D eigenvalue weighted by molar-refractivity contribution is 0.155. The summed E-state index contributed by atoms with van der Waals surface area (Å²) in [6, 6.07) is 8.29. The maximum Gasteiger partial charge on any atom is 0.407 e. The smallest absolute Gasteiger partial charge is 0.407 e. The zero-order valence-electron chi connectivity index (χ0n) is 11.6. The first-order valence-electron chi connectivity index (χ1n) is 7.48. The summed E-state index contributed by atoms with van der Waals surface area (Å²) in [6.07, 6.45) is 7.13. The summed E-state index contributed by atoms with van der Waals surface area (Å²) >= 11 is 0. The van der Waals surface area contributed by atoms with Gasteiger partial charge < -0.3 is 14.8 Å². The van der Waals surface area contributed by atoms with Gasteiger partial charge in [0.05, 0.1) is 12.1 Å². The molecular formula is C16H21NO3. The fourth-order valence-electron chi connectivity index (χ4n) is 2.90. The molecule has 1 heterocycles. The monoisotopic (exact) mass is 275 g/mol. The topological polar surface area (TPSA) is 47.6 Å². The molecule has 2 aliphatic rings. The van der Waals surface area contributed by atoms with Crippen molar-refractivity contribution < 1.29 is 14.3 Å². The lowest BCUT2D eigenvalue weighted by atomic mass is 9.98. The zero-order chi connectivity index (χ0) is 13.8. The Morgan fingerprint density at radius 3 is 2.55 bits per heavy atom. The molecule has 0 spiro atoms. The lowest BCUT2D eigenvalue weighted by Gasteiger charge is -2.23. The highest BCUT2D eigenvalue weighted by Gasteiger charge is 2.22. The molecule has 1 amide bonds. The Bertz CT molecular complexity index is 451. The van der Waals surface area contributed by atoms with E-state index in [2.05, 4.69) is 17.4 Å². The maximum absolute atomic E-state index is 11.0. The number of ether oxygens (including phenoxy) is 2. The normalized spacial score (nSPS) is 23.2. The SMILES string of the molecule is O=C1NC(Cc2ccc(OC3CCCCC3)cc2)CO1. The predicted molar refractivity (Wildman–Crippen MR) is 75.9 cm³/mol. The van der Waals surface area contributed by atoms with Crippen LogP contribution in [0.4, 0.5) is 4.79 Å². The molecule has 2 fully saturated rings. The molecule has 1 unspecified atom stereocenters. The molecule has 108 valence electrons. The number of amides is 1.